The summed E-state index contributed by atoms with van der Waals surface area (Å²) in [6, 6.07) is 6.74. The minimum absolute atomic E-state index is 0.0632. The van der Waals surface area contributed by atoms with E-state index in [2.05, 4.69) is 15.1 Å². The quantitative estimate of drug-likeness (QED) is 0.592. The van der Waals surface area contributed by atoms with Crippen LogP contribution >= 0.6 is 11.6 Å². The van der Waals surface area contributed by atoms with Crippen molar-refractivity contribution in [1.82, 2.24) is 4.98 Å². The summed E-state index contributed by atoms with van der Waals surface area (Å²) >= 11 is 5.77. The number of hydrogen-bond donors (Lipinski definition) is 3. The Balaban J connectivity index is 2.47. The fraction of sp³-hybridized carbons (Fsp3) is 0. The predicted octanol–water partition coefficient (Wildman–Crippen LogP) is 1.96. The number of halogens is 2. The summed E-state index contributed by atoms with van der Waals surface area (Å²) < 4.78 is 40.0. The zero-order chi connectivity index (χ0) is 14.8. The molecule has 1 aromatic heterocycles. The van der Waals surface area contributed by atoms with Gasteiger partial charge in [0.25, 0.3) is 10.0 Å². The number of nitrogens with one attached hydrogen (secondary N) is 2. The van der Waals surface area contributed by atoms with Crippen molar-refractivity contribution in [2.24, 2.45) is 5.84 Å². The summed E-state index contributed by atoms with van der Waals surface area (Å²) in [4.78, 5) is 3.72. The van der Waals surface area contributed by atoms with E-state index >= 15 is 0 Å². The molecule has 0 amide bonds. The second kappa shape index (κ2) is 5.61. The average Bonchev–Trinajstić information content (AvgIpc) is 2.43. The maximum Gasteiger partial charge on any atom is 0.281 e. The Morgan fingerprint density at radius 3 is 2.65 bits per heavy atom. The number of hydrazine groups is 1. The number of hydrogen-bond acceptors (Lipinski definition) is 5. The molecule has 4 N–H and O–H groups in total. The lowest BCUT2D eigenvalue weighted by molar-refractivity contribution is 0.595. The van der Waals surface area contributed by atoms with Crippen LogP contribution in [0.4, 0.5) is 15.8 Å². The molecule has 0 aliphatic heterocycles. The molecule has 0 saturated heterocycles. The first-order valence-electron chi connectivity index (χ1n) is 5.34. The smallest absolute Gasteiger partial charge is 0.281 e. The Hall–Kier alpha value is -1.90. The van der Waals surface area contributed by atoms with Gasteiger partial charge in [-0.2, -0.15) is 8.42 Å². The molecule has 0 bridgehead atoms. The maximum absolute atomic E-state index is 13.6. The van der Waals surface area contributed by atoms with Crippen LogP contribution in [0.25, 0.3) is 0 Å². The van der Waals surface area contributed by atoms with Crippen LogP contribution in [0, 0.1) is 5.82 Å². The summed E-state index contributed by atoms with van der Waals surface area (Å²) in [6.07, 6.45) is 1.28. The van der Waals surface area contributed by atoms with Gasteiger partial charge in [-0.15, -0.1) is 0 Å². The molecular formula is C11H10ClFN4O2S. The molecule has 0 aliphatic carbocycles. The number of anilines is 2. The van der Waals surface area contributed by atoms with E-state index in [1.807, 2.05) is 0 Å². The van der Waals surface area contributed by atoms with E-state index in [1.54, 1.807) is 0 Å². The molecule has 0 unspecified atom stereocenters. The summed E-state index contributed by atoms with van der Waals surface area (Å²) in [5, 5.41) is -0.423. The number of pyridine rings is 1. The van der Waals surface area contributed by atoms with E-state index in [1.165, 1.54) is 30.5 Å². The van der Waals surface area contributed by atoms with Crippen molar-refractivity contribution in [1.29, 1.82) is 0 Å². The molecule has 0 fully saturated rings. The van der Waals surface area contributed by atoms with Crippen molar-refractivity contribution in [3.63, 3.8) is 0 Å². The fourth-order valence-corrected chi connectivity index (χ4v) is 2.95. The number of aromatic nitrogens is 1. The van der Waals surface area contributed by atoms with E-state index in [0.29, 0.717) is 0 Å². The van der Waals surface area contributed by atoms with Crippen LogP contribution in [0.15, 0.2) is 41.6 Å². The van der Waals surface area contributed by atoms with E-state index in [-0.39, 0.29) is 21.4 Å². The molecule has 6 nitrogen and oxygen atoms in total. The number of nitrogens with zero attached hydrogens (tertiary/aromatic N) is 1. The highest BCUT2D eigenvalue weighted by Crippen LogP contribution is 2.28. The largest absolute Gasteiger partial charge is 0.321 e. The van der Waals surface area contributed by atoms with E-state index < -0.39 is 15.8 Å². The van der Waals surface area contributed by atoms with Crippen LogP contribution in [0.1, 0.15) is 0 Å². The number of sulfonamides is 1. The Bertz CT molecular complexity index is 719. The second-order valence-corrected chi connectivity index (χ2v) is 5.71. The van der Waals surface area contributed by atoms with Crippen LogP contribution in [0.3, 0.4) is 0 Å². The molecule has 0 saturated carbocycles. The molecule has 9 heteroatoms. The van der Waals surface area contributed by atoms with Crippen molar-refractivity contribution >= 4 is 33.0 Å². The van der Waals surface area contributed by atoms with Crippen molar-refractivity contribution in [3.8, 4) is 0 Å². The van der Waals surface area contributed by atoms with Gasteiger partial charge in [-0.1, -0.05) is 17.7 Å². The Kier molecular flexibility index (Phi) is 4.07. The van der Waals surface area contributed by atoms with Crippen LogP contribution in [0.5, 0.6) is 0 Å². The molecule has 106 valence electrons. The van der Waals surface area contributed by atoms with Gasteiger partial charge in [-0.05, 0) is 24.3 Å². The SMILES string of the molecule is NNc1cccnc1S(=O)(=O)Nc1c(F)cccc1Cl. The molecule has 0 aliphatic rings. The minimum atomic E-state index is -4.13. The van der Waals surface area contributed by atoms with Crippen molar-refractivity contribution < 1.29 is 12.8 Å². The Morgan fingerprint density at radius 2 is 2.00 bits per heavy atom. The first-order chi connectivity index (χ1) is 9.45. The number of benzene rings is 1. The highest BCUT2D eigenvalue weighted by Gasteiger charge is 2.22. The Morgan fingerprint density at radius 1 is 1.25 bits per heavy atom. The van der Waals surface area contributed by atoms with E-state index in [9.17, 15) is 12.8 Å². The monoisotopic (exact) mass is 316 g/mol. The number of nitrogen functional groups attached to an aromatic ring is 1. The summed E-state index contributed by atoms with van der Waals surface area (Å²) in [7, 11) is -4.13. The minimum Gasteiger partial charge on any atom is -0.321 e. The Labute approximate surface area is 119 Å². The third kappa shape index (κ3) is 2.82. The highest BCUT2D eigenvalue weighted by atomic mass is 35.5. The van der Waals surface area contributed by atoms with Gasteiger partial charge in [0.2, 0.25) is 5.03 Å². The van der Waals surface area contributed by atoms with Gasteiger partial charge in [-0.25, -0.2) is 9.37 Å². The third-order valence-electron chi connectivity index (χ3n) is 2.38. The molecule has 2 rings (SSSR count). The standard InChI is InChI=1S/C11H10ClFN4O2S/c12-7-3-1-4-8(13)10(7)17-20(18,19)11-9(16-14)5-2-6-15-11/h1-6,16-17H,14H2. The van der Waals surface area contributed by atoms with Crippen molar-refractivity contribution in [2.45, 2.75) is 5.03 Å². The van der Waals surface area contributed by atoms with Crippen LogP contribution in [-0.2, 0) is 10.0 Å². The van der Waals surface area contributed by atoms with Crippen LogP contribution in [0.2, 0.25) is 5.02 Å². The van der Waals surface area contributed by atoms with Crippen LogP contribution < -0.4 is 16.0 Å². The molecule has 2 aromatic rings. The molecular weight excluding hydrogens is 307 g/mol. The molecule has 0 radical (unpaired) electrons. The lowest BCUT2D eigenvalue weighted by atomic mass is 10.3. The molecule has 1 heterocycles. The lowest BCUT2D eigenvalue weighted by Crippen LogP contribution is -2.19. The highest BCUT2D eigenvalue weighted by molar-refractivity contribution is 7.92. The van der Waals surface area contributed by atoms with Gasteiger partial charge in [0.05, 0.1) is 10.7 Å². The number of nitrogens with two attached hydrogens (primary N) is 1. The van der Waals surface area contributed by atoms with Gasteiger partial charge in [0, 0.05) is 6.20 Å². The zero-order valence-electron chi connectivity index (χ0n) is 9.97. The number of para-hydroxylation sites is 1. The molecule has 20 heavy (non-hydrogen) atoms. The first-order valence-corrected chi connectivity index (χ1v) is 7.20. The number of rotatable bonds is 4. The zero-order valence-corrected chi connectivity index (χ0v) is 11.5. The first kappa shape index (κ1) is 14.5. The average molecular weight is 317 g/mol. The van der Waals surface area contributed by atoms with Gasteiger partial charge in [-0.3, -0.25) is 10.6 Å². The summed E-state index contributed by atoms with van der Waals surface area (Å²) in [6.45, 7) is 0. The molecule has 0 atom stereocenters. The van der Waals surface area contributed by atoms with E-state index in [0.717, 1.165) is 6.07 Å². The summed E-state index contributed by atoms with van der Waals surface area (Å²) in [5.41, 5.74) is 1.94. The maximum atomic E-state index is 13.6. The van der Waals surface area contributed by atoms with Crippen LogP contribution in [-0.4, -0.2) is 13.4 Å². The van der Waals surface area contributed by atoms with Gasteiger partial charge < -0.3 is 5.43 Å². The molecule has 1 aromatic carbocycles. The van der Waals surface area contributed by atoms with Gasteiger partial charge in [0.15, 0.2) is 0 Å². The van der Waals surface area contributed by atoms with Gasteiger partial charge in [0.1, 0.15) is 11.5 Å². The third-order valence-corrected chi connectivity index (χ3v) is 4.00. The second-order valence-electron chi connectivity index (χ2n) is 3.70. The normalized spacial score (nSPS) is 11.2. The lowest BCUT2D eigenvalue weighted by Gasteiger charge is -2.12. The summed E-state index contributed by atoms with van der Waals surface area (Å²) in [5.74, 6) is 4.43. The topological polar surface area (TPSA) is 97.1 Å². The fourth-order valence-electron chi connectivity index (χ4n) is 1.49. The van der Waals surface area contributed by atoms with Crippen molar-refractivity contribution in [2.75, 3.05) is 10.1 Å². The molecule has 0 spiro atoms. The predicted molar refractivity (Wildman–Crippen MR) is 74.3 cm³/mol. The van der Waals surface area contributed by atoms with Gasteiger partial charge >= 0.3 is 0 Å². The van der Waals surface area contributed by atoms with Crippen molar-refractivity contribution in [3.05, 3.63) is 47.4 Å². The van der Waals surface area contributed by atoms with E-state index in [4.69, 9.17) is 17.4 Å².